The minimum absolute atomic E-state index is 0.0318. The van der Waals surface area contributed by atoms with Crippen LogP contribution in [0.25, 0.3) is 0 Å². The van der Waals surface area contributed by atoms with Crippen LogP contribution in [0.3, 0.4) is 0 Å². The molecule has 2 aliphatic rings. The second-order valence-electron chi connectivity index (χ2n) is 5.63. The monoisotopic (exact) mass is 223 g/mol. The predicted octanol–water partition coefficient (Wildman–Crippen LogP) is 1.71. The Hall–Kier alpha value is -0.830. The summed E-state index contributed by atoms with van der Waals surface area (Å²) in [4.78, 5) is 14.0. The highest BCUT2D eigenvalue weighted by atomic mass is 16.3. The molecule has 3 nitrogen and oxygen atoms in total. The van der Waals surface area contributed by atoms with E-state index in [2.05, 4.69) is 13.8 Å². The van der Waals surface area contributed by atoms with Gasteiger partial charge in [0.15, 0.2) is 0 Å². The maximum absolute atomic E-state index is 12.2. The highest BCUT2D eigenvalue weighted by Gasteiger charge is 2.47. The Morgan fingerprint density at radius 3 is 2.88 bits per heavy atom. The molecule has 0 aliphatic carbocycles. The quantitative estimate of drug-likeness (QED) is 0.688. The molecule has 0 aromatic heterocycles. The Morgan fingerprint density at radius 2 is 2.25 bits per heavy atom. The number of carbonyl (C=O) groups is 1. The normalized spacial score (nSPS) is 37.3. The Morgan fingerprint density at radius 1 is 1.56 bits per heavy atom. The second-order valence-corrected chi connectivity index (χ2v) is 5.63. The summed E-state index contributed by atoms with van der Waals surface area (Å²) in [6.07, 6.45) is 4.45. The first-order valence-electron chi connectivity index (χ1n) is 6.16. The van der Waals surface area contributed by atoms with Crippen LogP contribution in [0.1, 0.15) is 40.0 Å². The van der Waals surface area contributed by atoms with Gasteiger partial charge in [0, 0.05) is 18.5 Å². The Kier molecular flexibility index (Phi) is 2.82. The highest BCUT2D eigenvalue weighted by molar-refractivity contribution is 5.95. The zero-order valence-electron chi connectivity index (χ0n) is 10.4. The fourth-order valence-electron chi connectivity index (χ4n) is 2.95. The van der Waals surface area contributed by atoms with Crippen LogP contribution in [0.2, 0.25) is 0 Å². The molecular formula is C13H21NO2. The lowest BCUT2D eigenvalue weighted by atomic mass is 9.82. The minimum Gasteiger partial charge on any atom is -0.388 e. The number of rotatable bonds is 1. The van der Waals surface area contributed by atoms with Crippen LogP contribution < -0.4 is 0 Å². The zero-order valence-corrected chi connectivity index (χ0v) is 10.4. The molecule has 2 fully saturated rings. The third-order valence-corrected chi connectivity index (χ3v) is 3.59. The van der Waals surface area contributed by atoms with E-state index < -0.39 is 5.60 Å². The van der Waals surface area contributed by atoms with E-state index in [9.17, 15) is 9.90 Å². The van der Waals surface area contributed by atoms with Gasteiger partial charge >= 0.3 is 0 Å². The summed E-state index contributed by atoms with van der Waals surface area (Å²) in [7, 11) is 0. The lowest BCUT2D eigenvalue weighted by molar-refractivity contribution is -0.139. The van der Waals surface area contributed by atoms with Crippen molar-refractivity contribution < 1.29 is 9.90 Å². The molecule has 2 saturated heterocycles. The van der Waals surface area contributed by atoms with E-state index in [4.69, 9.17) is 0 Å². The number of hydrogen-bond acceptors (Lipinski definition) is 2. The van der Waals surface area contributed by atoms with Crippen molar-refractivity contribution in [3.63, 3.8) is 0 Å². The van der Waals surface area contributed by atoms with E-state index in [1.165, 1.54) is 0 Å². The lowest BCUT2D eigenvalue weighted by Gasteiger charge is -2.42. The Labute approximate surface area is 97.1 Å². The maximum atomic E-state index is 12.2. The van der Waals surface area contributed by atoms with Gasteiger partial charge < -0.3 is 10.0 Å². The number of carbonyl (C=O) groups excluding carboxylic acids is 1. The molecule has 0 saturated carbocycles. The molecule has 2 unspecified atom stereocenters. The zero-order chi connectivity index (χ0) is 11.9. The molecule has 3 heteroatoms. The van der Waals surface area contributed by atoms with Crippen LogP contribution in [0.5, 0.6) is 0 Å². The van der Waals surface area contributed by atoms with Crippen LogP contribution in [0, 0.1) is 5.92 Å². The molecule has 1 N–H and O–H groups in total. The summed E-state index contributed by atoms with van der Waals surface area (Å²) in [6.45, 7) is 6.78. The Balaban J connectivity index is 2.30. The predicted molar refractivity (Wildman–Crippen MR) is 62.9 cm³/mol. The van der Waals surface area contributed by atoms with Gasteiger partial charge in [-0.1, -0.05) is 19.9 Å². The number of nitrogens with zero attached hydrogens (tertiary/aromatic N) is 1. The third-order valence-electron chi connectivity index (χ3n) is 3.59. The van der Waals surface area contributed by atoms with Crippen LogP contribution in [0.4, 0.5) is 0 Å². The molecule has 2 heterocycles. The van der Waals surface area contributed by atoms with Gasteiger partial charge in [0.2, 0.25) is 5.91 Å². The standard InChI is InChI=1S/C13H21NO2/c1-9(2)7-10-8-13(3,16)11-5-4-6-14(11)12(10)15/h7,9,11,16H,4-6,8H2,1-3H3. The fourth-order valence-corrected chi connectivity index (χ4v) is 2.95. The minimum atomic E-state index is -0.745. The number of fused-ring (bicyclic) bond motifs is 1. The number of aliphatic hydroxyl groups is 1. The molecule has 2 rings (SSSR count). The molecular weight excluding hydrogens is 202 g/mol. The summed E-state index contributed by atoms with van der Waals surface area (Å²) < 4.78 is 0. The fraction of sp³-hybridized carbons (Fsp3) is 0.769. The summed E-state index contributed by atoms with van der Waals surface area (Å²) in [5.74, 6) is 0.497. The molecule has 0 bridgehead atoms. The molecule has 0 radical (unpaired) electrons. The van der Waals surface area contributed by atoms with Crippen molar-refractivity contribution in [2.24, 2.45) is 5.92 Å². The molecule has 90 valence electrons. The summed E-state index contributed by atoms with van der Waals surface area (Å²) >= 11 is 0. The molecule has 2 atom stereocenters. The first-order valence-corrected chi connectivity index (χ1v) is 6.16. The van der Waals surface area contributed by atoms with Gasteiger partial charge in [-0.3, -0.25) is 4.79 Å². The van der Waals surface area contributed by atoms with E-state index in [-0.39, 0.29) is 11.9 Å². The van der Waals surface area contributed by atoms with Crippen molar-refractivity contribution >= 4 is 5.91 Å². The smallest absolute Gasteiger partial charge is 0.249 e. The first-order chi connectivity index (χ1) is 7.42. The number of allylic oxidation sites excluding steroid dienone is 1. The second kappa shape index (κ2) is 3.88. The molecule has 1 amide bonds. The van der Waals surface area contributed by atoms with E-state index in [1.807, 2.05) is 17.9 Å². The average Bonchev–Trinajstić information content (AvgIpc) is 2.61. The summed E-state index contributed by atoms with van der Waals surface area (Å²) in [5, 5.41) is 10.4. The van der Waals surface area contributed by atoms with Crippen molar-refractivity contribution in [3.05, 3.63) is 11.6 Å². The summed E-state index contributed by atoms with van der Waals surface area (Å²) in [6, 6.07) is 0.0318. The number of hydrogen-bond donors (Lipinski definition) is 1. The average molecular weight is 223 g/mol. The largest absolute Gasteiger partial charge is 0.388 e. The van der Waals surface area contributed by atoms with E-state index >= 15 is 0 Å². The van der Waals surface area contributed by atoms with Crippen LogP contribution in [-0.4, -0.2) is 34.1 Å². The van der Waals surface area contributed by atoms with Crippen LogP contribution in [-0.2, 0) is 4.79 Å². The van der Waals surface area contributed by atoms with Gasteiger partial charge in [-0.25, -0.2) is 0 Å². The van der Waals surface area contributed by atoms with Crippen LogP contribution in [0.15, 0.2) is 11.6 Å². The van der Waals surface area contributed by atoms with E-state index in [1.54, 1.807) is 0 Å². The molecule has 0 spiro atoms. The number of amides is 1. The first kappa shape index (κ1) is 11.6. The molecule has 0 aromatic carbocycles. The van der Waals surface area contributed by atoms with Gasteiger partial charge in [0.1, 0.15) is 0 Å². The number of piperidine rings is 1. The van der Waals surface area contributed by atoms with Crippen molar-refractivity contribution in [2.45, 2.75) is 51.7 Å². The van der Waals surface area contributed by atoms with E-state index in [0.29, 0.717) is 12.3 Å². The lowest BCUT2D eigenvalue weighted by Crippen LogP contribution is -2.55. The Bertz CT molecular complexity index is 331. The van der Waals surface area contributed by atoms with Crippen LogP contribution >= 0.6 is 0 Å². The van der Waals surface area contributed by atoms with Gasteiger partial charge in [-0.15, -0.1) is 0 Å². The maximum Gasteiger partial charge on any atom is 0.249 e. The van der Waals surface area contributed by atoms with Gasteiger partial charge in [-0.2, -0.15) is 0 Å². The van der Waals surface area contributed by atoms with Crippen molar-refractivity contribution in [1.29, 1.82) is 0 Å². The van der Waals surface area contributed by atoms with Crippen molar-refractivity contribution in [2.75, 3.05) is 6.54 Å². The third kappa shape index (κ3) is 1.88. The SMILES string of the molecule is CC(C)C=C1CC(C)(O)C2CCCN2C1=O. The van der Waals surface area contributed by atoms with Gasteiger partial charge in [0.25, 0.3) is 0 Å². The van der Waals surface area contributed by atoms with Gasteiger partial charge in [-0.05, 0) is 25.7 Å². The molecule has 2 aliphatic heterocycles. The van der Waals surface area contributed by atoms with Gasteiger partial charge in [0.05, 0.1) is 11.6 Å². The highest BCUT2D eigenvalue weighted by Crippen LogP contribution is 2.37. The van der Waals surface area contributed by atoms with Crippen molar-refractivity contribution in [3.8, 4) is 0 Å². The topological polar surface area (TPSA) is 40.5 Å². The van der Waals surface area contributed by atoms with Crippen molar-refractivity contribution in [1.82, 2.24) is 4.90 Å². The summed E-state index contributed by atoms with van der Waals surface area (Å²) in [5.41, 5.74) is 0.0450. The van der Waals surface area contributed by atoms with E-state index in [0.717, 1.165) is 25.0 Å². The molecule has 16 heavy (non-hydrogen) atoms. The molecule has 0 aromatic rings.